The quantitative estimate of drug-likeness (QED) is 0.693. The van der Waals surface area contributed by atoms with Crippen molar-refractivity contribution in [3.8, 4) is 0 Å². The summed E-state index contributed by atoms with van der Waals surface area (Å²) in [6.07, 6.45) is 5.24. The zero-order valence-corrected chi connectivity index (χ0v) is 16.4. The smallest absolute Gasteiger partial charge is 0.0672 e. The first-order valence-electron chi connectivity index (χ1n) is 9.73. The van der Waals surface area contributed by atoms with E-state index in [1.165, 1.54) is 15.4 Å². The zero-order chi connectivity index (χ0) is 17.8. The first kappa shape index (κ1) is 18.2. The van der Waals surface area contributed by atoms with Crippen molar-refractivity contribution in [1.29, 1.82) is 0 Å². The van der Waals surface area contributed by atoms with E-state index >= 15 is 0 Å². The van der Waals surface area contributed by atoms with Gasteiger partial charge < -0.3 is 9.47 Å². The Morgan fingerprint density at radius 3 is 2.96 bits per heavy atom. The van der Waals surface area contributed by atoms with Crippen LogP contribution in [0.3, 0.4) is 0 Å². The van der Waals surface area contributed by atoms with Crippen molar-refractivity contribution < 1.29 is 9.47 Å². The second kappa shape index (κ2) is 8.65. The third kappa shape index (κ3) is 4.55. The highest BCUT2D eigenvalue weighted by Gasteiger charge is 2.25. The zero-order valence-electron chi connectivity index (χ0n) is 15.6. The Bertz CT molecular complexity index is 693. The molecule has 0 N–H and O–H groups in total. The van der Waals surface area contributed by atoms with Crippen molar-refractivity contribution in [1.82, 2.24) is 14.7 Å². The van der Waals surface area contributed by atoms with E-state index in [9.17, 15) is 0 Å². The highest BCUT2D eigenvalue weighted by molar-refractivity contribution is 7.11. The van der Waals surface area contributed by atoms with Gasteiger partial charge in [0, 0.05) is 62.0 Å². The monoisotopic (exact) mass is 375 g/mol. The first-order chi connectivity index (χ1) is 12.8. The second-order valence-electron chi connectivity index (χ2n) is 7.52. The van der Waals surface area contributed by atoms with E-state index in [0.29, 0.717) is 12.0 Å². The Labute approximate surface area is 159 Å². The van der Waals surface area contributed by atoms with Gasteiger partial charge in [0.2, 0.25) is 0 Å². The van der Waals surface area contributed by atoms with Crippen LogP contribution in [-0.2, 0) is 22.6 Å². The number of hydrogen-bond donors (Lipinski definition) is 0. The summed E-state index contributed by atoms with van der Waals surface area (Å²) in [6, 6.07) is 7.04. The van der Waals surface area contributed by atoms with Gasteiger partial charge in [0.05, 0.1) is 11.7 Å². The third-order valence-corrected chi connectivity index (χ3v) is 6.40. The summed E-state index contributed by atoms with van der Waals surface area (Å²) in [5, 5.41) is 4.57. The molecule has 0 amide bonds. The molecular weight excluding hydrogens is 346 g/mol. The lowest BCUT2D eigenvalue weighted by Crippen LogP contribution is -2.37. The predicted octanol–water partition coefficient (Wildman–Crippen LogP) is 3.64. The lowest BCUT2D eigenvalue weighted by molar-refractivity contribution is 0.0155. The van der Waals surface area contributed by atoms with Crippen molar-refractivity contribution in [3.05, 3.63) is 39.8 Å². The Balaban J connectivity index is 1.29. The van der Waals surface area contributed by atoms with Gasteiger partial charge in [-0.1, -0.05) is 0 Å². The van der Waals surface area contributed by atoms with Gasteiger partial charge >= 0.3 is 0 Å². The minimum absolute atomic E-state index is 0.407. The summed E-state index contributed by atoms with van der Waals surface area (Å²) < 4.78 is 13.6. The maximum absolute atomic E-state index is 6.01. The van der Waals surface area contributed by atoms with Crippen LogP contribution in [-0.4, -0.2) is 47.7 Å². The molecule has 0 aliphatic carbocycles. The number of hydrogen-bond acceptors (Lipinski definition) is 5. The molecule has 26 heavy (non-hydrogen) atoms. The molecule has 0 saturated carbocycles. The molecule has 2 aromatic heterocycles. The van der Waals surface area contributed by atoms with E-state index in [0.717, 1.165) is 65.3 Å². The van der Waals surface area contributed by atoms with Crippen molar-refractivity contribution >= 4 is 11.3 Å². The fraction of sp³-hybridized carbons (Fsp3) is 0.650. The molecule has 6 heteroatoms. The van der Waals surface area contributed by atoms with Crippen LogP contribution in [0.15, 0.2) is 24.4 Å². The third-order valence-electron chi connectivity index (χ3n) is 5.42. The average molecular weight is 376 g/mol. The Morgan fingerprint density at radius 1 is 1.27 bits per heavy atom. The molecule has 1 atom stereocenters. The van der Waals surface area contributed by atoms with Crippen LogP contribution in [0, 0.1) is 12.8 Å². The number of rotatable bonds is 7. The number of aromatic nitrogens is 2. The largest absolute Gasteiger partial charge is 0.381 e. The lowest BCUT2D eigenvalue weighted by Gasteiger charge is -2.33. The standard InChI is InChI=1S/C20H29N3O2S/c1-16-2-3-20(26-16)14-22-12-18-4-8-21-23(18)19(13-22)7-11-25-15-17-5-9-24-10-6-17/h2-4,8,17,19H,5-7,9-15H2,1H3. The van der Waals surface area contributed by atoms with Gasteiger partial charge in [-0.15, -0.1) is 11.3 Å². The Morgan fingerprint density at radius 2 is 2.15 bits per heavy atom. The molecule has 2 aliphatic rings. The predicted molar refractivity (Wildman–Crippen MR) is 103 cm³/mol. The van der Waals surface area contributed by atoms with E-state index in [1.807, 2.05) is 17.5 Å². The van der Waals surface area contributed by atoms with E-state index < -0.39 is 0 Å². The van der Waals surface area contributed by atoms with Crippen molar-refractivity contribution in [2.24, 2.45) is 5.92 Å². The van der Waals surface area contributed by atoms with E-state index in [1.54, 1.807) is 0 Å². The number of nitrogens with zero attached hydrogens (tertiary/aromatic N) is 3. The topological polar surface area (TPSA) is 39.5 Å². The molecule has 2 aliphatic heterocycles. The summed E-state index contributed by atoms with van der Waals surface area (Å²) in [7, 11) is 0. The fourth-order valence-electron chi connectivity index (χ4n) is 3.97. The normalized spacial score (nSPS) is 21.8. The minimum Gasteiger partial charge on any atom is -0.381 e. The molecule has 1 unspecified atom stereocenters. The van der Waals surface area contributed by atoms with Gasteiger partial charge in [0.15, 0.2) is 0 Å². The molecular formula is C20H29N3O2S. The summed E-state index contributed by atoms with van der Waals surface area (Å²) in [6.45, 7) is 8.71. The van der Waals surface area contributed by atoms with Crippen LogP contribution in [0.2, 0.25) is 0 Å². The van der Waals surface area contributed by atoms with Crippen LogP contribution >= 0.6 is 11.3 Å². The van der Waals surface area contributed by atoms with Crippen LogP contribution in [0.1, 0.15) is 40.8 Å². The molecule has 4 heterocycles. The SMILES string of the molecule is Cc1ccc(CN2Cc3ccnn3C(CCOCC3CCOCC3)C2)s1. The van der Waals surface area contributed by atoms with Gasteiger partial charge in [-0.3, -0.25) is 9.58 Å². The highest BCUT2D eigenvalue weighted by Crippen LogP contribution is 2.26. The summed E-state index contributed by atoms with van der Waals surface area (Å²) >= 11 is 1.90. The molecule has 0 bridgehead atoms. The fourth-order valence-corrected chi connectivity index (χ4v) is 4.90. The van der Waals surface area contributed by atoms with E-state index in [-0.39, 0.29) is 0 Å². The molecule has 0 spiro atoms. The molecule has 0 aromatic carbocycles. The number of fused-ring (bicyclic) bond motifs is 1. The van der Waals surface area contributed by atoms with Crippen LogP contribution < -0.4 is 0 Å². The highest BCUT2D eigenvalue weighted by atomic mass is 32.1. The molecule has 1 fully saturated rings. The lowest BCUT2D eigenvalue weighted by atomic mass is 10.0. The van der Waals surface area contributed by atoms with E-state index in [2.05, 4.69) is 39.8 Å². The summed E-state index contributed by atoms with van der Waals surface area (Å²) in [5.74, 6) is 0.675. The van der Waals surface area contributed by atoms with Crippen molar-refractivity contribution in [2.75, 3.05) is 33.0 Å². The number of thiophene rings is 1. The summed E-state index contributed by atoms with van der Waals surface area (Å²) in [4.78, 5) is 5.39. The minimum atomic E-state index is 0.407. The molecule has 0 radical (unpaired) electrons. The number of ether oxygens (including phenoxy) is 2. The van der Waals surface area contributed by atoms with E-state index in [4.69, 9.17) is 9.47 Å². The van der Waals surface area contributed by atoms with Crippen LogP contribution in [0.25, 0.3) is 0 Å². The van der Waals surface area contributed by atoms with Crippen molar-refractivity contribution in [3.63, 3.8) is 0 Å². The average Bonchev–Trinajstić information content (AvgIpc) is 3.28. The van der Waals surface area contributed by atoms with Gasteiger partial charge in [0.1, 0.15) is 0 Å². The van der Waals surface area contributed by atoms with Crippen LogP contribution in [0.5, 0.6) is 0 Å². The maximum Gasteiger partial charge on any atom is 0.0672 e. The van der Waals surface area contributed by atoms with Gasteiger partial charge in [-0.25, -0.2) is 0 Å². The van der Waals surface area contributed by atoms with Gasteiger partial charge in [0.25, 0.3) is 0 Å². The van der Waals surface area contributed by atoms with Gasteiger partial charge in [-0.2, -0.15) is 5.10 Å². The Hall–Kier alpha value is -1.21. The molecule has 5 nitrogen and oxygen atoms in total. The second-order valence-corrected chi connectivity index (χ2v) is 8.89. The Kier molecular flexibility index (Phi) is 6.05. The molecule has 2 aromatic rings. The number of aryl methyl sites for hydroxylation is 1. The first-order valence-corrected chi connectivity index (χ1v) is 10.5. The van der Waals surface area contributed by atoms with Crippen molar-refractivity contribution in [2.45, 2.75) is 45.3 Å². The summed E-state index contributed by atoms with van der Waals surface area (Å²) in [5.41, 5.74) is 1.32. The van der Waals surface area contributed by atoms with Gasteiger partial charge in [-0.05, 0) is 50.3 Å². The van der Waals surface area contributed by atoms with Crippen LogP contribution in [0.4, 0.5) is 0 Å². The maximum atomic E-state index is 6.01. The molecule has 4 rings (SSSR count). The molecule has 1 saturated heterocycles. The molecule has 142 valence electrons.